The summed E-state index contributed by atoms with van der Waals surface area (Å²) in [7, 11) is 0. The van der Waals surface area contributed by atoms with Crippen LogP contribution in [0.1, 0.15) is 70.0 Å². The van der Waals surface area contributed by atoms with Crippen molar-refractivity contribution in [2.24, 2.45) is 0 Å². The van der Waals surface area contributed by atoms with Crippen molar-refractivity contribution in [1.82, 2.24) is 25.1 Å². The molecule has 2 aromatic rings. The Labute approximate surface area is 169 Å². The highest BCUT2D eigenvalue weighted by atomic mass is 15.6. The van der Waals surface area contributed by atoms with E-state index in [-0.39, 0.29) is 11.6 Å². The van der Waals surface area contributed by atoms with Crippen LogP contribution in [0.2, 0.25) is 0 Å². The zero-order valence-electron chi connectivity index (χ0n) is 18.4. The molecule has 28 heavy (non-hydrogen) atoms. The SMILES string of the molecule is CCCCC(c1nnnn1C(C)(C)C)N1CCN(c2cccc(C)c2C)CC1. The number of rotatable bonds is 6. The first kappa shape index (κ1) is 20.8. The predicted molar refractivity (Wildman–Crippen MR) is 115 cm³/mol. The second-order valence-electron chi connectivity index (χ2n) is 9.02. The smallest absolute Gasteiger partial charge is 0.168 e. The molecule has 6 nitrogen and oxygen atoms in total. The Hall–Kier alpha value is -1.95. The lowest BCUT2D eigenvalue weighted by molar-refractivity contribution is 0.155. The second kappa shape index (κ2) is 8.60. The van der Waals surface area contributed by atoms with Gasteiger partial charge in [-0.05, 0) is 68.7 Å². The molecule has 0 N–H and O–H groups in total. The van der Waals surface area contributed by atoms with Crippen molar-refractivity contribution in [3.63, 3.8) is 0 Å². The van der Waals surface area contributed by atoms with Crippen molar-refractivity contribution in [2.75, 3.05) is 31.1 Å². The molecule has 1 unspecified atom stereocenters. The van der Waals surface area contributed by atoms with Crippen molar-refractivity contribution in [2.45, 2.75) is 72.4 Å². The quantitative estimate of drug-likeness (QED) is 0.750. The summed E-state index contributed by atoms with van der Waals surface area (Å²) in [6.07, 6.45) is 3.49. The molecule has 0 radical (unpaired) electrons. The Morgan fingerprint density at radius 1 is 1.07 bits per heavy atom. The summed E-state index contributed by atoms with van der Waals surface area (Å²) in [5.74, 6) is 1.01. The Kier molecular flexibility index (Phi) is 6.38. The van der Waals surface area contributed by atoms with E-state index in [2.05, 4.69) is 85.1 Å². The first-order chi connectivity index (χ1) is 13.3. The fourth-order valence-electron chi connectivity index (χ4n) is 4.10. The number of aryl methyl sites for hydroxylation is 1. The molecule has 154 valence electrons. The van der Waals surface area contributed by atoms with E-state index < -0.39 is 0 Å². The minimum atomic E-state index is -0.107. The van der Waals surface area contributed by atoms with Gasteiger partial charge in [0.05, 0.1) is 11.6 Å². The molecular weight excluding hydrogens is 348 g/mol. The molecule has 0 spiro atoms. The third-order valence-electron chi connectivity index (χ3n) is 5.93. The number of anilines is 1. The summed E-state index contributed by atoms with van der Waals surface area (Å²) >= 11 is 0. The van der Waals surface area contributed by atoms with Gasteiger partial charge in [0.2, 0.25) is 0 Å². The maximum atomic E-state index is 4.46. The topological polar surface area (TPSA) is 50.1 Å². The predicted octanol–water partition coefficient (Wildman–Crippen LogP) is 4.10. The summed E-state index contributed by atoms with van der Waals surface area (Å²) in [4.78, 5) is 5.12. The molecule has 0 saturated carbocycles. The van der Waals surface area contributed by atoms with Crippen molar-refractivity contribution in [3.05, 3.63) is 35.2 Å². The lowest BCUT2D eigenvalue weighted by Crippen LogP contribution is -2.48. The third-order valence-corrected chi connectivity index (χ3v) is 5.93. The molecule has 0 amide bonds. The highest BCUT2D eigenvalue weighted by molar-refractivity contribution is 5.56. The summed E-state index contributed by atoms with van der Waals surface area (Å²) in [5.41, 5.74) is 4.04. The number of hydrogen-bond donors (Lipinski definition) is 0. The molecule has 1 atom stereocenters. The lowest BCUT2D eigenvalue weighted by atomic mass is 10.0. The molecular formula is C22H36N6. The number of benzene rings is 1. The fourth-order valence-corrected chi connectivity index (χ4v) is 4.10. The van der Waals surface area contributed by atoms with Gasteiger partial charge >= 0.3 is 0 Å². The van der Waals surface area contributed by atoms with E-state index in [1.54, 1.807) is 0 Å². The molecule has 1 fully saturated rings. The monoisotopic (exact) mass is 384 g/mol. The van der Waals surface area contributed by atoms with E-state index >= 15 is 0 Å². The van der Waals surface area contributed by atoms with Crippen LogP contribution in [0.5, 0.6) is 0 Å². The fraction of sp³-hybridized carbons (Fsp3) is 0.682. The molecule has 1 saturated heterocycles. The summed E-state index contributed by atoms with van der Waals surface area (Å²) < 4.78 is 2.02. The summed E-state index contributed by atoms with van der Waals surface area (Å²) in [6, 6.07) is 6.91. The van der Waals surface area contributed by atoms with Gasteiger partial charge in [0.15, 0.2) is 5.82 Å². The molecule has 0 bridgehead atoms. The van der Waals surface area contributed by atoms with E-state index in [1.807, 2.05) is 4.68 Å². The van der Waals surface area contributed by atoms with Crippen LogP contribution >= 0.6 is 0 Å². The van der Waals surface area contributed by atoms with Crippen LogP contribution in [0.4, 0.5) is 5.69 Å². The van der Waals surface area contributed by atoms with E-state index in [0.29, 0.717) is 0 Å². The van der Waals surface area contributed by atoms with Crippen LogP contribution in [-0.4, -0.2) is 51.3 Å². The lowest BCUT2D eigenvalue weighted by Gasteiger charge is -2.41. The van der Waals surface area contributed by atoms with Gasteiger partial charge in [-0.1, -0.05) is 31.9 Å². The molecule has 0 aliphatic carbocycles. The van der Waals surface area contributed by atoms with E-state index in [9.17, 15) is 0 Å². The molecule has 6 heteroatoms. The highest BCUT2D eigenvalue weighted by Crippen LogP contribution is 2.30. The molecule has 1 aromatic carbocycles. The average Bonchev–Trinajstić information content (AvgIpc) is 3.15. The van der Waals surface area contributed by atoms with E-state index in [1.165, 1.54) is 29.7 Å². The first-order valence-corrected chi connectivity index (χ1v) is 10.7. The van der Waals surface area contributed by atoms with Gasteiger partial charge < -0.3 is 4.90 Å². The largest absolute Gasteiger partial charge is 0.369 e. The van der Waals surface area contributed by atoms with Crippen LogP contribution in [0.25, 0.3) is 0 Å². The molecule has 1 aromatic heterocycles. The number of aromatic nitrogens is 4. The van der Waals surface area contributed by atoms with Gasteiger partial charge in [0, 0.05) is 31.9 Å². The number of tetrazole rings is 1. The standard InChI is InChI=1S/C22H36N6/c1-7-8-11-20(21-23-24-25-28(21)22(4,5)6)27-15-13-26(14-16-27)19-12-9-10-17(2)18(19)3/h9-10,12,20H,7-8,11,13-16H2,1-6H3. The molecule has 2 heterocycles. The Balaban J connectivity index is 1.77. The number of hydrogen-bond acceptors (Lipinski definition) is 5. The van der Waals surface area contributed by atoms with E-state index in [0.717, 1.165) is 38.4 Å². The van der Waals surface area contributed by atoms with Crippen LogP contribution in [0, 0.1) is 13.8 Å². The van der Waals surface area contributed by atoms with Crippen LogP contribution in [0.3, 0.4) is 0 Å². The maximum absolute atomic E-state index is 4.46. The van der Waals surface area contributed by atoms with Crippen molar-refractivity contribution in [3.8, 4) is 0 Å². The summed E-state index contributed by atoms with van der Waals surface area (Å²) in [6.45, 7) is 17.4. The number of piperazine rings is 1. The Bertz CT molecular complexity index is 768. The third kappa shape index (κ3) is 4.37. The Morgan fingerprint density at radius 3 is 2.43 bits per heavy atom. The van der Waals surface area contributed by atoms with Gasteiger partial charge in [-0.3, -0.25) is 4.90 Å². The number of unbranched alkanes of at least 4 members (excludes halogenated alkanes) is 1. The van der Waals surface area contributed by atoms with Crippen molar-refractivity contribution in [1.29, 1.82) is 0 Å². The van der Waals surface area contributed by atoms with Crippen LogP contribution in [0.15, 0.2) is 18.2 Å². The number of nitrogens with zero attached hydrogens (tertiary/aromatic N) is 6. The summed E-state index contributed by atoms with van der Waals surface area (Å²) in [5, 5.41) is 12.8. The molecule has 1 aliphatic rings. The average molecular weight is 385 g/mol. The molecule has 1 aliphatic heterocycles. The van der Waals surface area contributed by atoms with Gasteiger partial charge in [-0.2, -0.15) is 0 Å². The highest BCUT2D eigenvalue weighted by Gasteiger charge is 2.31. The zero-order valence-corrected chi connectivity index (χ0v) is 18.4. The van der Waals surface area contributed by atoms with Crippen molar-refractivity contribution >= 4 is 5.69 Å². The van der Waals surface area contributed by atoms with Crippen LogP contribution in [-0.2, 0) is 5.54 Å². The van der Waals surface area contributed by atoms with Crippen LogP contribution < -0.4 is 4.90 Å². The molecule has 3 rings (SSSR count). The zero-order chi connectivity index (χ0) is 20.3. The van der Waals surface area contributed by atoms with Gasteiger partial charge in [0.1, 0.15) is 0 Å². The van der Waals surface area contributed by atoms with E-state index in [4.69, 9.17) is 0 Å². The normalized spacial score (nSPS) is 17.1. The minimum Gasteiger partial charge on any atom is -0.369 e. The second-order valence-corrected chi connectivity index (χ2v) is 9.02. The first-order valence-electron chi connectivity index (χ1n) is 10.7. The van der Waals surface area contributed by atoms with Gasteiger partial charge in [-0.15, -0.1) is 5.10 Å². The van der Waals surface area contributed by atoms with Crippen molar-refractivity contribution < 1.29 is 0 Å². The van der Waals surface area contributed by atoms with Gasteiger partial charge in [-0.25, -0.2) is 4.68 Å². The maximum Gasteiger partial charge on any atom is 0.168 e. The Morgan fingerprint density at radius 2 is 1.79 bits per heavy atom. The minimum absolute atomic E-state index is 0.107. The van der Waals surface area contributed by atoms with Gasteiger partial charge in [0.25, 0.3) is 0 Å².